The van der Waals surface area contributed by atoms with Crippen LogP contribution in [0.3, 0.4) is 0 Å². The van der Waals surface area contributed by atoms with Crippen LogP contribution < -0.4 is 10.6 Å². The lowest BCUT2D eigenvalue weighted by Gasteiger charge is -2.20. The maximum absolute atomic E-state index is 13.8. The number of unbranched alkanes of at least 4 members (excludes halogenated alkanes) is 10. The molecule has 0 atom stereocenters. The summed E-state index contributed by atoms with van der Waals surface area (Å²) in [5, 5.41) is 10.3. The lowest BCUT2D eigenvalue weighted by Crippen LogP contribution is -2.27. The largest absolute Gasteiger partial charge is 0.351 e. The zero-order valence-corrected chi connectivity index (χ0v) is 33.0. The van der Waals surface area contributed by atoms with Crippen LogP contribution in [0.4, 0.5) is 11.4 Å². The minimum absolute atomic E-state index is 0.0272. The minimum Gasteiger partial charge on any atom is -0.351 e. The number of nitrogens with zero attached hydrogens (tertiary/aromatic N) is 2. The number of benzene rings is 4. The van der Waals surface area contributed by atoms with Gasteiger partial charge in [-0.05, 0) is 61.4 Å². The Hall–Kier alpha value is -4.52. The summed E-state index contributed by atoms with van der Waals surface area (Å²) in [6, 6.07) is 28.9. The lowest BCUT2D eigenvalue weighted by molar-refractivity contribution is -0.115. The van der Waals surface area contributed by atoms with E-state index in [4.69, 9.17) is 23.2 Å². The Labute approximate surface area is 328 Å². The van der Waals surface area contributed by atoms with Crippen LogP contribution in [0.5, 0.6) is 0 Å². The number of anilines is 2. The quantitative estimate of drug-likeness (QED) is 0.0676. The van der Waals surface area contributed by atoms with Gasteiger partial charge in [0.1, 0.15) is 21.5 Å². The van der Waals surface area contributed by atoms with Crippen molar-refractivity contribution >= 4 is 89.8 Å². The van der Waals surface area contributed by atoms with Gasteiger partial charge >= 0.3 is 0 Å². The molecule has 0 saturated carbocycles. The molecule has 0 radical (unpaired) electrons. The van der Waals surface area contributed by atoms with Crippen LogP contribution >= 0.6 is 23.2 Å². The number of hydrogen-bond acceptors (Lipinski definition) is 4. The summed E-state index contributed by atoms with van der Waals surface area (Å²) < 4.78 is 4.77. The second-order valence-electron chi connectivity index (χ2n) is 14.6. The predicted molar refractivity (Wildman–Crippen MR) is 229 cm³/mol. The maximum Gasteiger partial charge on any atom is 0.224 e. The zero-order chi connectivity index (χ0) is 37.6. The second-order valence-corrected chi connectivity index (χ2v) is 15.4. The number of hydrogen-bond donors (Lipinski definition) is 2. The summed E-state index contributed by atoms with van der Waals surface area (Å²) in [7, 11) is 0. The average Bonchev–Trinajstić information content (AvgIpc) is 3.68. The number of allylic oxidation sites excluding steroid dienone is 2. The van der Waals surface area contributed by atoms with Gasteiger partial charge < -0.3 is 19.8 Å². The van der Waals surface area contributed by atoms with Crippen molar-refractivity contribution in [1.82, 2.24) is 9.13 Å². The number of nitrogens with one attached hydrogen (secondary N) is 2. The van der Waals surface area contributed by atoms with Gasteiger partial charge in [0.05, 0.1) is 0 Å². The molecule has 0 saturated heterocycles. The van der Waals surface area contributed by atoms with E-state index < -0.39 is 11.6 Å². The highest BCUT2D eigenvalue weighted by atomic mass is 35.5. The Morgan fingerprint density at radius 1 is 0.463 bits per heavy atom. The summed E-state index contributed by atoms with van der Waals surface area (Å²) in [5.74, 6) is -1.07. The molecule has 54 heavy (non-hydrogen) atoms. The minimum atomic E-state index is -0.536. The van der Waals surface area contributed by atoms with E-state index in [0.717, 1.165) is 58.5 Å². The number of aromatic nitrogens is 2. The molecule has 0 aliphatic heterocycles. The van der Waals surface area contributed by atoms with Crippen molar-refractivity contribution in [3.63, 3.8) is 0 Å². The number of aryl methyl sites for hydroxylation is 2. The van der Waals surface area contributed by atoms with Gasteiger partial charge in [0.2, 0.25) is 11.6 Å². The molecule has 2 N–H and O–H groups in total. The van der Waals surface area contributed by atoms with Crippen LogP contribution in [0.2, 0.25) is 0 Å². The first-order chi connectivity index (χ1) is 26.4. The van der Waals surface area contributed by atoms with Crippen molar-refractivity contribution in [2.75, 3.05) is 10.6 Å². The predicted octanol–water partition coefficient (Wildman–Crippen LogP) is 13.2. The Morgan fingerprint density at radius 3 is 1.26 bits per heavy atom. The zero-order valence-electron chi connectivity index (χ0n) is 31.4. The molecule has 2 aromatic heterocycles. The van der Waals surface area contributed by atoms with E-state index >= 15 is 0 Å². The molecular formula is C46H50Cl2N4O2. The van der Waals surface area contributed by atoms with Crippen molar-refractivity contribution in [1.29, 1.82) is 0 Å². The van der Waals surface area contributed by atoms with Gasteiger partial charge in [-0.3, -0.25) is 9.59 Å². The highest BCUT2D eigenvalue weighted by molar-refractivity contribution is 6.56. The highest BCUT2D eigenvalue weighted by Crippen LogP contribution is 2.36. The standard InChI is InChI=1S/C46H50Cl2N4O2/c1-3-5-7-9-11-17-27-51-37-21-15-13-19-33(37)35-29-31(23-25-39(35)51)49-43-41(47)46(54)44(42(48)45(43)53)50-32-24-26-40-36(30-32)34-20-14-16-22-38(34)52(40)28-18-12-10-8-6-4-2/h13-16,19-26,29-30,49-50H,3-12,17-18,27-28H2,1-2H3. The van der Waals surface area contributed by atoms with Gasteiger partial charge in [-0.1, -0.05) is 138 Å². The Balaban J connectivity index is 1.10. The van der Waals surface area contributed by atoms with Crippen molar-refractivity contribution in [3.8, 4) is 0 Å². The fraction of sp³-hybridized carbons (Fsp3) is 0.348. The number of carbonyl (C=O) groups is 2. The van der Waals surface area contributed by atoms with E-state index in [1.165, 1.54) is 75.2 Å². The fourth-order valence-electron chi connectivity index (χ4n) is 8.00. The topological polar surface area (TPSA) is 68.1 Å². The van der Waals surface area contributed by atoms with Crippen LogP contribution in [-0.2, 0) is 22.7 Å². The molecule has 0 unspecified atom stereocenters. The third kappa shape index (κ3) is 7.69. The van der Waals surface area contributed by atoms with E-state index in [1.807, 2.05) is 36.4 Å². The van der Waals surface area contributed by atoms with Gasteiger partial charge in [0.15, 0.2) is 0 Å². The smallest absolute Gasteiger partial charge is 0.224 e. The number of fused-ring (bicyclic) bond motifs is 6. The summed E-state index contributed by atoms with van der Waals surface area (Å²) in [5.41, 5.74) is 5.89. The number of Topliss-reactive ketones (excluding diaryl/α,β-unsaturated/α-hetero) is 2. The van der Waals surface area contributed by atoms with Gasteiger partial charge in [-0.2, -0.15) is 0 Å². The average molecular weight is 762 g/mol. The monoisotopic (exact) mass is 760 g/mol. The number of carbonyl (C=O) groups excluding carboxylic acids is 2. The van der Waals surface area contributed by atoms with Gasteiger partial charge in [-0.25, -0.2) is 0 Å². The fourth-order valence-corrected chi connectivity index (χ4v) is 8.46. The second kappa shape index (κ2) is 17.3. The summed E-state index contributed by atoms with van der Waals surface area (Å²) in [6.45, 7) is 6.37. The van der Waals surface area contributed by atoms with Crippen LogP contribution in [0.25, 0.3) is 43.6 Å². The van der Waals surface area contributed by atoms with E-state index in [0.29, 0.717) is 11.4 Å². The molecule has 8 heteroatoms. The Morgan fingerprint density at radius 2 is 0.833 bits per heavy atom. The normalized spacial score (nSPS) is 13.8. The number of ketones is 2. The maximum atomic E-state index is 13.8. The SMILES string of the molecule is CCCCCCCCn1c2ccccc2c2cc(NC3=C(Cl)C(=O)C(Nc4ccc5c(c4)c4ccccc4n5CCCCCCCC)=C(Cl)C3=O)ccc21. The highest BCUT2D eigenvalue weighted by Gasteiger charge is 2.34. The van der Waals surface area contributed by atoms with Gasteiger partial charge in [0.25, 0.3) is 0 Å². The molecule has 0 fully saturated rings. The molecule has 0 spiro atoms. The summed E-state index contributed by atoms with van der Waals surface area (Å²) in [6.07, 6.45) is 14.8. The third-order valence-corrected chi connectivity index (χ3v) is 11.6. The molecular weight excluding hydrogens is 711 g/mol. The van der Waals surface area contributed by atoms with Crippen LogP contribution in [0, 0.1) is 0 Å². The van der Waals surface area contributed by atoms with Crippen molar-refractivity contribution in [3.05, 3.63) is 106 Å². The molecule has 4 aromatic carbocycles. The molecule has 6 nitrogen and oxygen atoms in total. The number of para-hydroxylation sites is 2. The molecule has 2 heterocycles. The molecule has 6 aromatic rings. The molecule has 7 rings (SSSR count). The summed E-state index contributed by atoms with van der Waals surface area (Å²) >= 11 is 13.4. The number of rotatable bonds is 18. The van der Waals surface area contributed by atoms with E-state index in [2.05, 4.69) is 82.1 Å². The van der Waals surface area contributed by atoms with Crippen LogP contribution in [-0.4, -0.2) is 20.7 Å². The molecule has 1 aliphatic rings. The number of halogens is 2. The van der Waals surface area contributed by atoms with Crippen molar-refractivity contribution in [2.24, 2.45) is 0 Å². The van der Waals surface area contributed by atoms with Crippen molar-refractivity contribution in [2.45, 2.75) is 104 Å². The third-order valence-electron chi connectivity index (χ3n) is 10.8. The molecule has 280 valence electrons. The lowest BCUT2D eigenvalue weighted by atomic mass is 10.0. The van der Waals surface area contributed by atoms with Crippen LogP contribution in [0.15, 0.2) is 106 Å². The first-order valence-corrected chi connectivity index (χ1v) is 20.6. The Bertz CT molecular complexity index is 2230. The van der Waals surface area contributed by atoms with E-state index in [1.54, 1.807) is 0 Å². The molecule has 0 bridgehead atoms. The summed E-state index contributed by atoms with van der Waals surface area (Å²) in [4.78, 5) is 27.5. The van der Waals surface area contributed by atoms with E-state index in [9.17, 15) is 9.59 Å². The molecule has 0 amide bonds. The molecule has 1 aliphatic carbocycles. The Kier molecular flexibility index (Phi) is 12.1. The van der Waals surface area contributed by atoms with Gasteiger partial charge in [0, 0.05) is 68.1 Å². The van der Waals surface area contributed by atoms with E-state index in [-0.39, 0.29) is 21.5 Å². The van der Waals surface area contributed by atoms with Gasteiger partial charge in [-0.15, -0.1) is 0 Å². The van der Waals surface area contributed by atoms with Crippen LogP contribution in [0.1, 0.15) is 90.9 Å². The first kappa shape index (κ1) is 37.8. The first-order valence-electron chi connectivity index (χ1n) is 19.9. The van der Waals surface area contributed by atoms with Crippen molar-refractivity contribution < 1.29 is 9.59 Å².